The number of rotatable bonds is 12. The molecular formula is C20H38N2O11. The fourth-order valence-corrected chi connectivity index (χ4v) is 3.90. The van der Waals surface area contributed by atoms with E-state index in [4.69, 9.17) is 24.7 Å². The summed E-state index contributed by atoms with van der Waals surface area (Å²) in [6.45, 7) is 0.893. The average molecular weight is 483 g/mol. The van der Waals surface area contributed by atoms with Crippen molar-refractivity contribution < 1.29 is 54.4 Å². The smallest absolute Gasteiger partial charge is 0.217 e. The molecule has 0 bridgehead atoms. The highest BCUT2D eigenvalue weighted by Gasteiger charge is 2.51. The van der Waals surface area contributed by atoms with Crippen molar-refractivity contribution in [3.8, 4) is 0 Å². The van der Waals surface area contributed by atoms with Gasteiger partial charge in [0.1, 0.15) is 48.8 Å². The summed E-state index contributed by atoms with van der Waals surface area (Å²) in [6, 6.07) is -1.07. The van der Waals surface area contributed by atoms with E-state index in [2.05, 4.69) is 5.32 Å². The second kappa shape index (κ2) is 13.8. The number of carbonyl (C=O) groups excluding carboxylic acids is 1. The summed E-state index contributed by atoms with van der Waals surface area (Å²) in [7, 11) is 0. The number of nitrogens with one attached hydrogen (secondary N) is 1. The van der Waals surface area contributed by atoms with E-state index in [-0.39, 0.29) is 6.61 Å². The molecule has 2 fully saturated rings. The first-order valence-corrected chi connectivity index (χ1v) is 11.2. The van der Waals surface area contributed by atoms with Gasteiger partial charge in [0.15, 0.2) is 12.6 Å². The Morgan fingerprint density at radius 3 is 2.12 bits per heavy atom. The Bertz CT molecular complexity index is 584. The third-order valence-corrected chi connectivity index (χ3v) is 5.74. The lowest BCUT2D eigenvalue weighted by atomic mass is 9.95. The van der Waals surface area contributed by atoms with Crippen LogP contribution in [0.3, 0.4) is 0 Å². The predicted molar refractivity (Wildman–Crippen MR) is 111 cm³/mol. The fraction of sp³-hybridized carbons (Fsp3) is 0.950. The third-order valence-electron chi connectivity index (χ3n) is 5.74. The number of hydrogen-bond acceptors (Lipinski definition) is 12. The molecule has 0 aromatic rings. The zero-order valence-corrected chi connectivity index (χ0v) is 18.7. The van der Waals surface area contributed by atoms with Crippen LogP contribution in [-0.2, 0) is 23.7 Å². The average Bonchev–Trinajstić information content (AvgIpc) is 2.79. The second-order valence-corrected chi connectivity index (χ2v) is 8.31. The van der Waals surface area contributed by atoms with Gasteiger partial charge in [-0.25, -0.2) is 0 Å². The van der Waals surface area contributed by atoms with Crippen LogP contribution in [0.25, 0.3) is 0 Å². The lowest BCUT2D eigenvalue weighted by molar-refractivity contribution is -0.348. The summed E-state index contributed by atoms with van der Waals surface area (Å²) in [5, 5.41) is 62.8. The summed E-state index contributed by atoms with van der Waals surface area (Å²) in [6.07, 6.45) is -9.29. The zero-order chi connectivity index (χ0) is 24.5. The van der Waals surface area contributed by atoms with Crippen LogP contribution in [0, 0.1) is 0 Å². The standard InChI is InChI=1S/C20H38N2O11/c1-10(25)22-13-15(27)18(33-20-17(29)16(28)14(26)11(8-23)31-20)12(9-24)32-19(13)30-7-5-3-2-4-6-21/h11-20,23-24,26-29H,2-9,21H2,1H3,(H,22,25)/t11-,12-,13-,14+,15-,16+,17-,18-,19-,20+/m1/s1. The molecule has 10 atom stereocenters. The Kier molecular flexibility index (Phi) is 11.8. The van der Waals surface area contributed by atoms with Crippen LogP contribution in [0.5, 0.6) is 0 Å². The molecule has 0 aromatic heterocycles. The Morgan fingerprint density at radius 2 is 1.52 bits per heavy atom. The van der Waals surface area contributed by atoms with Crippen LogP contribution in [0.4, 0.5) is 0 Å². The van der Waals surface area contributed by atoms with Crippen molar-refractivity contribution in [3.05, 3.63) is 0 Å². The molecule has 1 amide bonds. The number of aliphatic hydroxyl groups excluding tert-OH is 6. The van der Waals surface area contributed by atoms with E-state index in [1.54, 1.807) is 0 Å². The summed E-state index contributed by atoms with van der Waals surface area (Å²) < 4.78 is 22.4. The Balaban J connectivity index is 2.08. The number of amides is 1. The molecule has 9 N–H and O–H groups in total. The lowest BCUT2D eigenvalue weighted by Gasteiger charge is -2.47. The van der Waals surface area contributed by atoms with Crippen molar-refractivity contribution in [2.75, 3.05) is 26.4 Å². The molecule has 2 aliphatic heterocycles. The first kappa shape index (κ1) is 28.3. The Labute approximate surface area is 192 Å². The van der Waals surface area contributed by atoms with Crippen molar-refractivity contribution in [1.82, 2.24) is 5.32 Å². The number of nitrogens with two attached hydrogens (primary N) is 1. The maximum absolute atomic E-state index is 11.7. The molecule has 13 nitrogen and oxygen atoms in total. The summed E-state index contributed by atoms with van der Waals surface area (Å²) in [5.41, 5.74) is 5.47. The van der Waals surface area contributed by atoms with Crippen molar-refractivity contribution in [2.45, 2.75) is 94.0 Å². The van der Waals surface area contributed by atoms with Gasteiger partial charge in [0.05, 0.1) is 13.2 Å². The van der Waals surface area contributed by atoms with E-state index in [0.29, 0.717) is 13.0 Å². The highest BCUT2D eigenvalue weighted by atomic mass is 16.7. The molecule has 13 heteroatoms. The SMILES string of the molecule is CC(=O)N[C@H]1[C@H](OCCCCCCN)O[C@H](CO)[C@@H](O[C@@H]2O[C@H](CO)[C@H](O)[C@H](O)[C@H]2O)[C@@H]1O. The topological polar surface area (TPSA) is 213 Å². The highest BCUT2D eigenvalue weighted by Crippen LogP contribution is 2.29. The van der Waals surface area contributed by atoms with Gasteiger partial charge in [-0.05, 0) is 19.4 Å². The highest BCUT2D eigenvalue weighted by molar-refractivity contribution is 5.73. The number of hydrogen-bond donors (Lipinski definition) is 8. The minimum absolute atomic E-state index is 0.286. The maximum atomic E-state index is 11.7. The van der Waals surface area contributed by atoms with Crippen LogP contribution >= 0.6 is 0 Å². The number of unbranched alkanes of at least 4 members (excludes halogenated alkanes) is 3. The zero-order valence-electron chi connectivity index (χ0n) is 18.7. The monoisotopic (exact) mass is 482 g/mol. The lowest BCUT2D eigenvalue weighted by Crippen LogP contribution is -2.67. The maximum Gasteiger partial charge on any atom is 0.217 e. The van der Waals surface area contributed by atoms with Crippen molar-refractivity contribution in [3.63, 3.8) is 0 Å². The molecule has 0 aromatic carbocycles. The van der Waals surface area contributed by atoms with Crippen LogP contribution in [0.2, 0.25) is 0 Å². The van der Waals surface area contributed by atoms with Crippen molar-refractivity contribution in [1.29, 1.82) is 0 Å². The molecule has 0 spiro atoms. The van der Waals surface area contributed by atoms with E-state index in [0.717, 1.165) is 19.3 Å². The summed E-state index contributed by atoms with van der Waals surface area (Å²) >= 11 is 0. The molecule has 0 unspecified atom stereocenters. The Hall–Kier alpha value is -0.970. The molecule has 2 aliphatic rings. The molecule has 0 radical (unpaired) electrons. The first-order chi connectivity index (χ1) is 15.7. The van der Waals surface area contributed by atoms with Crippen LogP contribution in [-0.4, -0.2) is 124 Å². The van der Waals surface area contributed by atoms with Crippen LogP contribution in [0.1, 0.15) is 32.6 Å². The number of aliphatic hydroxyl groups is 6. The molecule has 2 rings (SSSR count). The quantitative estimate of drug-likeness (QED) is 0.126. The van der Waals surface area contributed by atoms with Crippen molar-refractivity contribution in [2.24, 2.45) is 5.73 Å². The van der Waals surface area contributed by atoms with E-state index in [9.17, 15) is 35.4 Å². The fourth-order valence-electron chi connectivity index (χ4n) is 3.90. The van der Waals surface area contributed by atoms with Gasteiger partial charge in [0.2, 0.25) is 5.91 Å². The van der Waals surface area contributed by atoms with Gasteiger partial charge in [-0.2, -0.15) is 0 Å². The Morgan fingerprint density at radius 1 is 0.879 bits per heavy atom. The minimum atomic E-state index is -1.71. The molecule has 194 valence electrons. The molecule has 0 saturated carbocycles. The molecule has 2 heterocycles. The largest absolute Gasteiger partial charge is 0.394 e. The first-order valence-electron chi connectivity index (χ1n) is 11.2. The van der Waals surface area contributed by atoms with E-state index >= 15 is 0 Å². The molecule has 0 aliphatic carbocycles. The minimum Gasteiger partial charge on any atom is -0.394 e. The van der Waals surface area contributed by atoms with Crippen LogP contribution in [0.15, 0.2) is 0 Å². The predicted octanol–water partition coefficient (Wildman–Crippen LogP) is -3.71. The van der Waals surface area contributed by atoms with Gasteiger partial charge in [0, 0.05) is 13.5 Å². The van der Waals surface area contributed by atoms with Gasteiger partial charge < -0.3 is 60.6 Å². The summed E-state index contributed by atoms with van der Waals surface area (Å²) in [5.74, 6) is -0.465. The van der Waals surface area contributed by atoms with E-state index in [1.165, 1.54) is 6.92 Å². The normalized spacial score (nSPS) is 39.4. The van der Waals surface area contributed by atoms with Gasteiger partial charge in [-0.15, -0.1) is 0 Å². The molecular weight excluding hydrogens is 444 g/mol. The molecule has 33 heavy (non-hydrogen) atoms. The van der Waals surface area contributed by atoms with Gasteiger partial charge in [0.25, 0.3) is 0 Å². The summed E-state index contributed by atoms with van der Waals surface area (Å²) in [4.78, 5) is 11.7. The third kappa shape index (κ3) is 7.50. The second-order valence-electron chi connectivity index (χ2n) is 8.31. The van der Waals surface area contributed by atoms with Gasteiger partial charge in [-0.3, -0.25) is 4.79 Å². The number of carbonyl (C=O) groups is 1. The van der Waals surface area contributed by atoms with Crippen LogP contribution < -0.4 is 11.1 Å². The van der Waals surface area contributed by atoms with E-state index < -0.39 is 80.5 Å². The van der Waals surface area contributed by atoms with Crippen molar-refractivity contribution >= 4 is 5.91 Å². The van der Waals surface area contributed by atoms with Gasteiger partial charge in [-0.1, -0.05) is 12.8 Å². The van der Waals surface area contributed by atoms with Gasteiger partial charge >= 0.3 is 0 Å². The molecule has 2 saturated heterocycles. The number of ether oxygens (including phenoxy) is 4. The van der Waals surface area contributed by atoms with E-state index in [1.807, 2.05) is 0 Å².